The van der Waals surface area contributed by atoms with E-state index in [-0.39, 0.29) is 31.0 Å². The van der Waals surface area contributed by atoms with E-state index in [1.807, 2.05) is 37.3 Å². The monoisotopic (exact) mass is 578 g/mol. The van der Waals surface area contributed by atoms with Crippen molar-refractivity contribution in [2.24, 2.45) is 0 Å². The van der Waals surface area contributed by atoms with Crippen LogP contribution in [0.5, 0.6) is 11.5 Å². The van der Waals surface area contributed by atoms with E-state index in [1.54, 1.807) is 14.0 Å². The molecule has 0 saturated carbocycles. The second-order valence-electron chi connectivity index (χ2n) is 11.3. The van der Waals surface area contributed by atoms with Gasteiger partial charge in [-0.2, -0.15) is 0 Å². The minimum absolute atomic E-state index is 0.0446. The summed E-state index contributed by atoms with van der Waals surface area (Å²) in [5.41, 5.74) is 0.876. The standard InChI is InChI=1S/C33H42O7Si/c1-7-36-31(34)21-28(25-18-19-29-30(20-25)38-23-37-29)32(39-22-35-6)24(2)40-41(33(3,4)5,26-14-10-8-11-15-26)27-16-12-9-13-17-27/h8-20,24,28,32H,7,21-23H2,1-6H3/t24-,28+,32+/m1/s1. The molecular formula is C33H42O7Si. The fraction of sp³-hybridized carbons (Fsp3) is 0.424. The van der Waals surface area contributed by atoms with Crippen LogP contribution in [0, 0.1) is 0 Å². The Bertz CT molecular complexity index is 1220. The Morgan fingerprint density at radius 3 is 2.10 bits per heavy atom. The first-order valence-electron chi connectivity index (χ1n) is 14.2. The lowest BCUT2D eigenvalue weighted by molar-refractivity contribution is -0.148. The molecule has 0 spiro atoms. The Kier molecular flexibility index (Phi) is 10.3. The number of carbonyl (C=O) groups is 1. The van der Waals surface area contributed by atoms with E-state index in [9.17, 15) is 4.79 Å². The van der Waals surface area contributed by atoms with E-state index in [4.69, 9.17) is 28.1 Å². The Morgan fingerprint density at radius 1 is 0.927 bits per heavy atom. The number of carbonyl (C=O) groups excluding carboxylic acids is 1. The molecule has 0 aromatic heterocycles. The van der Waals surface area contributed by atoms with Crippen molar-refractivity contribution in [2.45, 2.75) is 64.2 Å². The molecule has 0 N–H and O–H groups in total. The van der Waals surface area contributed by atoms with Crippen LogP contribution >= 0.6 is 0 Å². The first-order chi connectivity index (χ1) is 19.7. The zero-order chi connectivity index (χ0) is 29.5. The summed E-state index contributed by atoms with van der Waals surface area (Å²) >= 11 is 0. The van der Waals surface area contributed by atoms with Crippen LogP contribution in [0.15, 0.2) is 78.9 Å². The van der Waals surface area contributed by atoms with Gasteiger partial charge in [0.2, 0.25) is 6.79 Å². The first-order valence-corrected chi connectivity index (χ1v) is 16.1. The molecule has 4 rings (SSSR count). The Hall–Kier alpha value is -3.17. The van der Waals surface area contributed by atoms with Gasteiger partial charge in [-0.3, -0.25) is 4.79 Å². The number of ether oxygens (including phenoxy) is 5. The fourth-order valence-corrected chi connectivity index (χ4v) is 10.4. The van der Waals surface area contributed by atoms with Crippen molar-refractivity contribution in [3.63, 3.8) is 0 Å². The van der Waals surface area contributed by atoms with Crippen molar-refractivity contribution in [1.82, 2.24) is 0 Å². The summed E-state index contributed by atoms with van der Waals surface area (Å²) in [4.78, 5) is 13.0. The molecule has 0 aliphatic carbocycles. The predicted octanol–water partition coefficient (Wildman–Crippen LogP) is 5.41. The number of methoxy groups -OCH3 is 1. The largest absolute Gasteiger partial charge is 0.466 e. The number of hydrogen-bond donors (Lipinski definition) is 0. The maximum absolute atomic E-state index is 13.0. The highest BCUT2D eigenvalue weighted by atomic mass is 28.4. The molecule has 1 aliphatic heterocycles. The van der Waals surface area contributed by atoms with Crippen molar-refractivity contribution >= 4 is 24.7 Å². The zero-order valence-corrected chi connectivity index (χ0v) is 25.9. The van der Waals surface area contributed by atoms with Crippen molar-refractivity contribution in [1.29, 1.82) is 0 Å². The predicted molar refractivity (Wildman–Crippen MR) is 161 cm³/mol. The highest BCUT2D eigenvalue weighted by Crippen LogP contribution is 2.41. The van der Waals surface area contributed by atoms with E-state index >= 15 is 0 Å². The van der Waals surface area contributed by atoms with Crippen LogP contribution in [0.3, 0.4) is 0 Å². The van der Waals surface area contributed by atoms with Gasteiger partial charge in [0.05, 0.1) is 25.2 Å². The normalized spacial score (nSPS) is 15.3. The Morgan fingerprint density at radius 2 is 1.54 bits per heavy atom. The molecule has 0 fully saturated rings. The van der Waals surface area contributed by atoms with Crippen LogP contribution in [0.2, 0.25) is 5.04 Å². The number of fused-ring (bicyclic) bond motifs is 1. The summed E-state index contributed by atoms with van der Waals surface area (Å²) in [5.74, 6) is 0.614. The molecule has 1 aliphatic rings. The molecule has 3 atom stereocenters. The molecule has 3 aromatic carbocycles. The van der Waals surface area contributed by atoms with Gasteiger partial charge in [0.1, 0.15) is 6.79 Å². The van der Waals surface area contributed by atoms with Crippen molar-refractivity contribution in [3.05, 3.63) is 84.4 Å². The van der Waals surface area contributed by atoms with E-state index in [1.165, 1.54) is 10.4 Å². The molecule has 220 valence electrons. The first kappa shape index (κ1) is 30.8. The summed E-state index contributed by atoms with van der Waals surface area (Å²) in [6.07, 6.45) is -0.862. The van der Waals surface area contributed by atoms with E-state index in [2.05, 4.69) is 69.3 Å². The average molecular weight is 579 g/mol. The lowest BCUT2D eigenvalue weighted by Gasteiger charge is -2.46. The molecule has 0 unspecified atom stereocenters. The molecule has 0 saturated heterocycles. The Labute approximate surface area is 244 Å². The summed E-state index contributed by atoms with van der Waals surface area (Å²) in [6.45, 7) is 11.1. The SMILES string of the molecule is CCOC(=O)C[C@@H](c1ccc2c(c1)OCO2)[C@@H](OCOC)[C@@H](C)O[Si](c1ccccc1)(c1ccccc1)C(C)(C)C. The molecule has 0 radical (unpaired) electrons. The molecule has 0 bridgehead atoms. The smallest absolute Gasteiger partial charge is 0.306 e. The molecule has 3 aromatic rings. The maximum Gasteiger partial charge on any atom is 0.306 e. The minimum Gasteiger partial charge on any atom is -0.466 e. The van der Waals surface area contributed by atoms with Gasteiger partial charge in [-0.15, -0.1) is 0 Å². The van der Waals surface area contributed by atoms with Gasteiger partial charge >= 0.3 is 5.97 Å². The number of hydrogen-bond acceptors (Lipinski definition) is 7. The molecule has 0 amide bonds. The van der Waals surface area contributed by atoms with Gasteiger partial charge in [-0.1, -0.05) is 87.5 Å². The van der Waals surface area contributed by atoms with Gasteiger partial charge in [0, 0.05) is 13.0 Å². The van der Waals surface area contributed by atoms with E-state index < -0.39 is 26.4 Å². The maximum atomic E-state index is 13.0. The third kappa shape index (κ3) is 6.84. The van der Waals surface area contributed by atoms with Crippen LogP contribution in [-0.2, 0) is 23.4 Å². The zero-order valence-electron chi connectivity index (χ0n) is 24.9. The lowest BCUT2D eigenvalue weighted by atomic mass is 9.87. The number of esters is 1. The van der Waals surface area contributed by atoms with Gasteiger partial charge in [0.25, 0.3) is 8.32 Å². The van der Waals surface area contributed by atoms with Crippen LogP contribution in [-0.4, -0.2) is 53.8 Å². The number of rotatable bonds is 13. The fourth-order valence-electron chi connectivity index (χ4n) is 5.73. The van der Waals surface area contributed by atoms with E-state index in [0.717, 1.165) is 5.56 Å². The van der Waals surface area contributed by atoms with Crippen LogP contribution in [0.4, 0.5) is 0 Å². The third-order valence-corrected chi connectivity index (χ3v) is 12.7. The molecular weight excluding hydrogens is 536 g/mol. The molecule has 8 heteroatoms. The highest BCUT2D eigenvalue weighted by Gasteiger charge is 2.52. The van der Waals surface area contributed by atoms with Crippen LogP contribution in [0.1, 0.15) is 52.5 Å². The van der Waals surface area contributed by atoms with Crippen molar-refractivity contribution in [3.8, 4) is 11.5 Å². The van der Waals surface area contributed by atoms with Gasteiger partial charge in [-0.05, 0) is 47.0 Å². The topological polar surface area (TPSA) is 72.5 Å². The summed E-state index contributed by atoms with van der Waals surface area (Å²) in [6, 6.07) is 26.7. The molecule has 41 heavy (non-hydrogen) atoms. The summed E-state index contributed by atoms with van der Waals surface area (Å²) in [7, 11) is -1.33. The second-order valence-corrected chi connectivity index (χ2v) is 15.5. The van der Waals surface area contributed by atoms with Crippen LogP contribution < -0.4 is 19.8 Å². The van der Waals surface area contributed by atoms with Crippen molar-refractivity contribution in [2.75, 3.05) is 27.3 Å². The van der Waals surface area contributed by atoms with E-state index in [0.29, 0.717) is 18.1 Å². The minimum atomic E-state index is -2.91. The summed E-state index contributed by atoms with van der Waals surface area (Å²) < 4.78 is 35.8. The van der Waals surface area contributed by atoms with Gasteiger partial charge in [-0.25, -0.2) is 0 Å². The molecule has 1 heterocycles. The van der Waals surface area contributed by atoms with Crippen LogP contribution in [0.25, 0.3) is 0 Å². The van der Waals surface area contributed by atoms with Gasteiger partial charge < -0.3 is 28.1 Å². The lowest BCUT2D eigenvalue weighted by Crippen LogP contribution is -2.68. The Balaban J connectivity index is 1.82. The quantitative estimate of drug-likeness (QED) is 0.153. The second kappa shape index (κ2) is 13.7. The van der Waals surface area contributed by atoms with Gasteiger partial charge in [0.15, 0.2) is 11.5 Å². The molecule has 7 nitrogen and oxygen atoms in total. The third-order valence-electron chi connectivity index (χ3n) is 7.53. The highest BCUT2D eigenvalue weighted by molar-refractivity contribution is 6.99. The summed E-state index contributed by atoms with van der Waals surface area (Å²) in [5, 5.41) is 2.10. The average Bonchev–Trinajstić information content (AvgIpc) is 3.44. The number of benzene rings is 3. The van der Waals surface area contributed by atoms with Crippen molar-refractivity contribution < 1.29 is 32.9 Å².